The molecule has 0 fully saturated rings. The Hall–Kier alpha value is -2.12. The number of nitrogens with one attached hydrogen (secondary N) is 1. The van der Waals surface area contributed by atoms with Crippen molar-refractivity contribution in [1.82, 2.24) is 5.32 Å². The van der Waals surface area contributed by atoms with Crippen LogP contribution in [0.15, 0.2) is 18.2 Å². The molecular formula is C11H9F4NO3. The van der Waals surface area contributed by atoms with Crippen LogP contribution >= 0.6 is 0 Å². The van der Waals surface area contributed by atoms with E-state index in [9.17, 15) is 27.2 Å². The highest BCUT2D eigenvalue weighted by Gasteiger charge is 2.32. The standard InChI is InChI=1S/C11H9F4NO3/c12-8-2-6(1-7(3-8)11(13,14)15)9(16-5-17)4-10(18)19/h1-3,5,9H,4H2,(H,16,17)(H,18,19). The number of rotatable bonds is 5. The number of amides is 1. The van der Waals surface area contributed by atoms with Gasteiger partial charge in [-0.1, -0.05) is 0 Å². The molecule has 0 saturated carbocycles. The lowest BCUT2D eigenvalue weighted by molar-refractivity contribution is -0.138. The predicted octanol–water partition coefficient (Wildman–Crippen LogP) is 2.11. The van der Waals surface area contributed by atoms with E-state index in [1.54, 1.807) is 0 Å². The van der Waals surface area contributed by atoms with Gasteiger partial charge >= 0.3 is 12.1 Å². The van der Waals surface area contributed by atoms with Crippen molar-refractivity contribution in [2.45, 2.75) is 18.6 Å². The highest BCUT2D eigenvalue weighted by molar-refractivity contribution is 5.68. The molecular weight excluding hydrogens is 270 g/mol. The lowest BCUT2D eigenvalue weighted by Gasteiger charge is -2.16. The Labute approximate surface area is 105 Å². The normalized spacial score (nSPS) is 12.8. The van der Waals surface area contributed by atoms with Gasteiger partial charge in [-0.25, -0.2) is 4.39 Å². The summed E-state index contributed by atoms with van der Waals surface area (Å²) in [4.78, 5) is 20.9. The van der Waals surface area contributed by atoms with Crippen molar-refractivity contribution >= 4 is 12.4 Å². The molecule has 1 aromatic carbocycles. The molecule has 1 atom stereocenters. The lowest BCUT2D eigenvalue weighted by atomic mass is 10.0. The maximum Gasteiger partial charge on any atom is 0.416 e. The molecule has 1 aromatic rings. The Morgan fingerprint density at radius 2 is 2.00 bits per heavy atom. The zero-order valence-corrected chi connectivity index (χ0v) is 9.37. The molecule has 1 amide bonds. The fourth-order valence-corrected chi connectivity index (χ4v) is 1.51. The Bertz CT molecular complexity index is 487. The van der Waals surface area contributed by atoms with Gasteiger partial charge in [0.1, 0.15) is 5.82 Å². The van der Waals surface area contributed by atoms with Gasteiger partial charge < -0.3 is 10.4 Å². The summed E-state index contributed by atoms with van der Waals surface area (Å²) in [5.41, 5.74) is -1.51. The summed E-state index contributed by atoms with van der Waals surface area (Å²) in [6.07, 6.45) is -5.27. The van der Waals surface area contributed by atoms with Crippen LogP contribution in [-0.4, -0.2) is 17.5 Å². The molecule has 2 N–H and O–H groups in total. The number of alkyl halides is 3. The van der Waals surface area contributed by atoms with Crippen molar-refractivity contribution in [3.63, 3.8) is 0 Å². The summed E-state index contributed by atoms with van der Waals surface area (Å²) < 4.78 is 50.6. The minimum Gasteiger partial charge on any atom is -0.481 e. The van der Waals surface area contributed by atoms with Crippen molar-refractivity contribution in [2.75, 3.05) is 0 Å². The van der Waals surface area contributed by atoms with Gasteiger partial charge in [-0.15, -0.1) is 0 Å². The van der Waals surface area contributed by atoms with Gasteiger partial charge in [-0.3, -0.25) is 9.59 Å². The highest BCUT2D eigenvalue weighted by Crippen LogP contribution is 2.32. The monoisotopic (exact) mass is 279 g/mol. The van der Waals surface area contributed by atoms with E-state index in [1.807, 2.05) is 5.32 Å². The second kappa shape index (κ2) is 5.68. The lowest BCUT2D eigenvalue weighted by Crippen LogP contribution is -2.23. The smallest absolute Gasteiger partial charge is 0.416 e. The van der Waals surface area contributed by atoms with Crippen LogP contribution in [0.4, 0.5) is 17.6 Å². The van der Waals surface area contributed by atoms with Crippen molar-refractivity contribution in [2.24, 2.45) is 0 Å². The van der Waals surface area contributed by atoms with Gasteiger partial charge in [0.05, 0.1) is 18.0 Å². The van der Waals surface area contributed by atoms with Crippen LogP contribution in [0.5, 0.6) is 0 Å². The first kappa shape index (κ1) is 14.9. The second-order valence-electron chi connectivity index (χ2n) is 3.71. The van der Waals surface area contributed by atoms with Crippen LogP contribution in [-0.2, 0) is 15.8 Å². The van der Waals surface area contributed by atoms with Crippen LogP contribution in [0, 0.1) is 5.82 Å². The van der Waals surface area contributed by atoms with Gasteiger partial charge in [-0.05, 0) is 23.8 Å². The van der Waals surface area contributed by atoms with Gasteiger partial charge in [0.2, 0.25) is 6.41 Å². The topological polar surface area (TPSA) is 66.4 Å². The molecule has 19 heavy (non-hydrogen) atoms. The molecule has 0 radical (unpaired) electrons. The molecule has 0 aliphatic carbocycles. The van der Waals surface area contributed by atoms with Crippen LogP contribution in [0.3, 0.4) is 0 Å². The Balaban J connectivity index is 3.19. The van der Waals surface area contributed by atoms with Gasteiger partial charge in [0.25, 0.3) is 0 Å². The highest BCUT2D eigenvalue weighted by atomic mass is 19.4. The number of hydrogen-bond acceptors (Lipinski definition) is 2. The number of benzene rings is 1. The minimum atomic E-state index is -4.76. The molecule has 0 bridgehead atoms. The van der Waals surface area contributed by atoms with E-state index < -0.39 is 36.0 Å². The first-order chi connectivity index (χ1) is 8.74. The number of hydrogen-bond donors (Lipinski definition) is 2. The second-order valence-corrected chi connectivity index (χ2v) is 3.71. The third-order valence-corrected chi connectivity index (χ3v) is 2.30. The fraction of sp³-hybridized carbons (Fsp3) is 0.273. The minimum absolute atomic E-state index is 0.145. The SMILES string of the molecule is O=CNC(CC(=O)O)c1cc(F)cc(C(F)(F)F)c1. The third kappa shape index (κ3) is 4.23. The van der Waals surface area contributed by atoms with E-state index in [-0.39, 0.29) is 12.0 Å². The molecule has 1 unspecified atom stereocenters. The van der Waals surface area contributed by atoms with Gasteiger partial charge in [0.15, 0.2) is 0 Å². The number of carboxylic acids is 1. The molecule has 0 saturated heterocycles. The Morgan fingerprint density at radius 1 is 1.37 bits per heavy atom. The number of aliphatic carboxylic acids is 1. The average molecular weight is 279 g/mol. The van der Waals surface area contributed by atoms with E-state index in [0.717, 1.165) is 6.07 Å². The molecule has 0 aliphatic heterocycles. The molecule has 8 heteroatoms. The van der Waals surface area contributed by atoms with E-state index in [0.29, 0.717) is 12.1 Å². The largest absolute Gasteiger partial charge is 0.481 e. The summed E-state index contributed by atoms with van der Waals surface area (Å²) >= 11 is 0. The number of carboxylic acid groups (broad SMARTS) is 1. The van der Waals surface area contributed by atoms with Crippen molar-refractivity contribution < 1.29 is 32.3 Å². The zero-order valence-electron chi connectivity index (χ0n) is 9.37. The van der Waals surface area contributed by atoms with Crippen LogP contribution in [0.1, 0.15) is 23.6 Å². The summed E-state index contributed by atoms with van der Waals surface area (Å²) in [5, 5.41) is 10.6. The van der Waals surface area contributed by atoms with E-state index in [4.69, 9.17) is 5.11 Å². The zero-order chi connectivity index (χ0) is 14.6. The van der Waals surface area contributed by atoms with Crippen molar-refractivity contribution in [1.29, 1.82) is 0 Å². The number of halogens is 4. The van der Waals surface area contributed by atoms with E-state index in [2.05, 4.69) is 0 Å². The quantitative estimate of drug-likeness (QED) is 0.640. The summed E-state index contributed by atoms with van der Waals surface area (Å²) in [6, 6.07) is 0.418. The number of carbonyl (C=O) groups is 2. The third-order valence-electron chi connectivity index (χ3n) is 2.30. The summed E-state index contributed by atoms with van der Waals surface area (Å²) in [6.45, 7) is 0. The molecule has 0 heterocycles. The van der Waals surface area contributed by atoms with Crippen LogP contribution in [0.25, 0.3) is 0 Å². The molecule has 1 rings (SSSR count). The molecule has 0 aromatic heterocycles. The predicted molar refractivity (Wildman–Crippen MR) is 55.6 cm³/mol. The van der Waals surface area contributed by atoms with Crippen LogP contribution < -0.4 is 5.32 Å². The van der Waals surface area contributed by atoms with E-state index >= 15 is 0 Å². The summed E-state index contributed by atoms with van der Waals surface area (Å²) in [5.74, 6) is -2.50. The maximum absolute atomic E-state index is 13.1. The molecule has 104 valence electrons. The van der Waals surface area contributed by atoms with Gasteiger partial charge in [0, 0.05) is 0 Å². The first-order valence-electron chi connectivity index (χ1n) is 5.03. The molecule has 4 nitrogen and oxygen atoms in total. The molecule has 0 spiro atoms. The van der Waals surface area contributed by atoms with Crippen molar-refractivity contribution in [3.05, 3.63) is 35.1 Å². The maximum atomic E-state index is 13.1. The first-order valence-corrected chi connectivity index (χ1v) is 5.03. The van der Waals surface area contributed by atoms with Gasteiger partial charge in [-0.2, -0.15) is 13.2 Å². The number of carbonyl (C=O) groups excluding carboxylic acids is 1. The molecule has 0 aliphatic rings. The van der Waals surface area contributed by atoms with E-state index in [1.165, 1.54) is 0 Å². The average Bonchev–Trinajstić information content (AvgIpc) is 2.26. The Kier molecular flexibility index (Phi) is 4.47. The summed E-state index contributed by atoms with van der Waals surface area (Å²) in [7, 11) is 0. The Morgan fingerprint density at radius 3 is 2.47 bits per heavy atom. The fourth-order valence-electron chi connectivity index (χ4n) is 1.51. The van der Waals surface area contributed by atoms with Crippen LogP contribution in [0.2, 0.25) is 0 Å². The van der Waals surface area contributed by atoms with Crippen molar-refractivity contribution in [3.8, 4) is 0 Å².